The molecule has 0 N–H and O–H groups in total. The summed E-state index contributed by atoms with van der Waals surface area (Å²) in [7, 11) is 0. The van der Waals surface area contributed by atoms with E-state index in [4.69, 9.17) is 4.74 Å². The van der Waals surface area contributed by atoms with Crippen LogP contribution in [0.4, 0.5) is 0 Å². The summed E-state index contributed by atoms with van der Waals surface area (Å²) in [6.07, 6.45) is 1.21. The zero-order chi connectivity index (χ0) is 11.8. The molecule has 92 valence electrons. The lowest BCUT2D eigenvalue weighted by molar-refractivity contribution is -0.0695. The van der Waals surface area contributed by atoms with Crippen LogP contribution >= 0.6 is 0 Å². The zero-order valence-electron chi connectivity index (χ0n) is 10.8. The third kappa shape index (κ3) is 2.00. The third-order valence-electron chi connectivity index (χ3n) is 4.09. The number of fused-ring (bicyclic) bond motifs is 1. The second kappa shape index (κ2) is 4.43. The summed E-state index contributed by atoms with van der Waals surface area (Å²) in [5.41, 5.74) is 4.69. The first-order valence-corrected chi connectivity index (χ1v) is 6.68. The van der Waals surface area contributed by atoms with E-state index in [2.05, 4.69) is 36.9 Å². The van der Waals surface area contributed by atoms with Gasteiger partial charge in [-0.05, 0) is 29.0 Å². The number of benzene rings is 1. The van der Waals surface area contributed by atoms with Gasteiger partial charge in [-0.3, -0.25) is 4.90 Å². The van der Waals surface area contributed by atoms with Crippen LogP contribution < -0.4 is 0 Å². The molecule has 3 rings (SSSR count). The fourth-order valence-corrected chi connectivity index (χ4v) is 2.95. The number of hydrogen-bond donors (Lipinski definition) is 0. The van der Waals surface area contributed by atoms with E-state index in [0.29, 0.717) is 12.0 Å². The van der Waals surface area contributed by atoms with Crippen molar-refractivity contribution in [2.45, 2.75) is 38.8 Å². The maximum absolute atomic E-state index is 5.30. The highest BCUT2D eigenvalue weighted by atomic mass is 16.5. The second-order valence-electron chi connectivity index (χ2n) is 5.55. The van der Waals surface area contributed by atoms with Gasteiger partial charge in [0.05, 0.1) is 19.3 Å². The molecule has 2 nitrogen and oxygen atoms in total. The lowest BCUT2D eigenvalue weighted by atomic mass is 9.88. The molecule has 0 bridgehead atoms. The minimum atomic E-state index is 0.642. The molecule has 0 aromatic heterocycles. The van der Waals surface area contributed by atoms with Crippen LogP contribution in [0.3, 0.4) is 0 Å². The van der Waals surface area contributed by atoms with Crippen molar-refractivity contribution in [2.24, 2.45) is 0 Å². The van der Waals surface area contributed by atoms with Crippen molar-refractivity contribution in [3.8, 4) is 0 Å². The van der Waals surface area contributed by atoms with Crippen LogP contribution in [0.25, 0.3) is 0 Å². The molecule has 1 aromatic rings. The Labute approximate surface area is 104 Å². The number of rotatable bonds is 2. The molecule has 2 aliphatic heterocycles. The molecule has 0 unspecified atom stereocenters. The first-order chi connectivity index (χ1) is 8.25. The van der Waals surface area contributed by atoms with Crippen LogP contribution in [0.2, 0.25) is 0 Å². The monoisotopic (exact) mass is 231 g/mol. The van der Waals surface area contributed by atoms with Gasteiger partial charge < -0.3 is 4.74 Å². The molecular weight excluding hydrogens is 210 g/mol. The van der Waals surface area contributed by atoms with E-state index in [9.17, 15) is 0 Å². The fourth-order valence-electron chi connectivity index (χ4n) is 2.95. The molecule has 0 saturated carbocycles. The molecule has 0 aliphatic carbocycles. The van der Waals surface area contributed by atoms with Gasteiger partial charge in [0.1, 0.15) is 0 Å². The van der Waals surface area contributed by atoms with Gasteiger partial charge in [-0.25, -0.2) is 0 Å². The lowest BCUT2D eigenvalue weighted by Gasteiger charge is -2.40. The molecule has 1 saturated heterocycles. The normalized spacial score (nSPS) is 21.4. The molecule has 0 radical (unpaired) electrons. The Morgan fingerprint density at radius 3 is 2.76 bits per heavy atom. The van der Waals surface area contributed by atoms with E-state index in [1.165, 1.54) is 18.5 Å². The Kier molecular flexibility index (Phi) is 2.93. The third-order valence-corrected chi connectivity index (χ3v) is 4.09. The van der Waals surface area contributed by atoms with Crippen LogP contribution in [0.1, 0.15) is 36.5 Å². The van der Waals surface area contributed by atoms with E-state index in [1.807, 2.05) is 0 Å². The van der Waals surface area contributed by atoms with Crippen molar-refractivity contribution in [3.63, 3.8) is 0 Å². The first kappa shape index (κ1) is 11.2. The molecule has 1 aromatic carbocycles. The first-order valence-electron chi connectivity index (χ1n) is 6.68. The summed E-state index contributed by atoms with van der Waals surface area (Å²) in [4.78, 5) is 2.58. The van der Waals surface area contributed by atoms with E-state index in [-0.39, 0.29) is 0 Å². The average Bonchev–Trinajstić information content (AvgIpc) is 2.25. The van der Waals surface area contributed by atoms with Gasteiger partial charge in [0, 0.05) is 13.1 Å². The number of ether oxygens (including phenoxy) is 1. The maximum Gasteiger partial charge on any atom is 0.0645 e. The van der Waals surface area contributed by atoms with E-state index < -0.39 is 0 Å². The Hall–Kier alpha value is -0.860. The van der Waals surface area contributed by atoms with E-state index >= 15 is 0 Å². The summed E-state index contributed by atoms with van der Waals surface area (Å²) < 4.78 is 5.30. The maximum atomic E-state index is 5.30. The molecular formula is C15H21NO. The fraction of sp³-hybridized carbons (Fsp3) is 0.600. The molecule has 17 heavy (non-hydrogen) atoms. The van der Waals surface area contributed by atoms with Gasteiger partial charge in [0.15, 0.2) is 0 Å². The second-order valence-corrected chi connectivity index (χ2v) is 5.55. The van der Waals surface area contributed by atoms with E-state index in [0.717, 1.165) is 19.8 Å². The summed E-state index contributed by atoms with van der Waals surface area (Å²) in [5.74, 6) is 0.642. The Morgan fingerprint density at radius 2 is 2.12 bits per heavy atom. The van der Waals surface area contributed by atoms with Crippen molar-refractivity contribution < 1.29 is 4.74 Å². The highest BCUT2D eigenvalue weighted by Crippen LogP contribution is 2.29. The Morgan fingerprint density at radius 1 is 1.29 bits per heavy atom. The molecule has 2 heterocycles. The van der Waals surface area contributed by atoms with Crippen LogP contribution in [-0.2, 0) is 17.7 Å². The van der Waals surface area contributed by atoms with Crippen LogP contribution in [0, 0.1) is 0 Å². The largest absolute Gasteiger partial charge is 0.378 e. The Balaban J connectivity index is 1.85. The smallest absolute Gasteiger partial charge is 0.0645 e. The number of nitrogens with zero attached hydrogens (tertiary/aromatic N) is 1. The molecule has 1 fully saturated rings. The van der Waals surface area contributed by atoms with Gasteiger partial charge in [-0.15, -0.1) is 0 Å². The van der Waals surface area contributed by atoms with Crippen molar-refractivity contribution >= 4 is 0 Å². The minimum absolute atomic E-state index is 0.642. The van der Waals surface area contributed by atoms with Gasteiger partial charge in [0.25, 0.3) is 0 Å². The molecule has 0 amide bonds. The molecule has 0 atom stereocenters. The molecule has 2 aliphatic rings. The predicted molar refractivity (Wildman–Crippen MR) is 69.3 cm³/mol. The van der Waals surface area contributed by atoms with Gasteiger partial charge in [0.2, 0.25) is 0 Å². The topological polar surface area (TPSA) is 12.5 Å². The molecule has 2 heteroatoms. The summed E-state index contributed by atoms with van der Waals surface area (Å²) in [5, 5.41) is 0. The Bertz CT molecular complexity index is 409. The van der Waals surface area contributed by atoms with Gasteiger partial charge in [-0.2, -0.15) is 0 Å². The SMILES string of the molecule is CC(C)c1cccc2c1CCN(C1COC1)C2. The molecule has 0 spiro atoms. The van der Waals surface area contributed by atoms with Gasteiger partial charge in [-0.1, -0.05) is 32.0 Å². The zero-order valence-corrected chi connectivity index (χ0v) is 10.8. The predicted octanol–water partition coefficient (Wildman–Crippen LogP) is 2.57. The van der Waals surface area contributed by atoms with Crippen LogP contribution in [0.15, 0.2) is 18.2 Å². The standard InChI is InChI=1S/C15H21NO/c1-11(2)14-5-3-4-12-8-16(7-6-15(12)14)13-9-17-10-13/h3-5,11,13H,6-10H2,1-2H3. The van der Waals surface area contributed by atoms with Crippen molar-refractivity contribution in [1.29, 1.82) is 0 Å². The van der Waals surface area contributed by atoms with Crippen LogP contribution in [0.5, 0.6) is 0 Å². The quantitative estimate of drug-likeness (QED) is 0.775. The van der Waals surface area contributed by atoms with Crippen molar-refractivity contribution in [1.82, 2.24) is 4.90 Å². The summed E-state index contributed by atoms with van der Waals surface area (Å²) in [6, 6.07) is 7.49. The number of hydrogen-bond acceptors (Lipinski definition) is 2. The highest BCUT2D eigenvalue weighted by molar-refractivity contribution is 5.38. The highest BCUT2D eigenvalue weighted by Gasteiger charge is 2.29. The van der Waals surface area contributed by atoms with Crippen molar-refractivity contribution in [2.75, 3.05) is 19.8 Å². The van der Waals surface area contributed by atoms with Gasteiger partial charge >= 0.3 is 0 Å². The van der Waals surface area contributed by atoms with Crippen LogP contribution in [-0.4, -0.2) is 30.7 Å². The van der Waals surface area contributed by atoms with Crippen molar-refractivity contribution in [3.05, 3.63) is 34.9 Å². The average molecular weight is 231 g/mol. The summed E-state index contributed by atoms with van der Waals surface area (Å²) >= 11 is 0. The summed E-state index contributed by atoms with van der Waals surface area (Å²) in [6.45, 7) is 8.76. The minimum Gasteiger partial charge on any atom is -0.378 e. The van der Waals surface area contributed by atoms with E-state index in [1.54, 1.807) is 11.1 Å². The lowest BCUT2D eigenvalue weighted by Crippen LogP contribution is -2.50.